The Morgan fingerprint density at radius 3 is 2.52 bits per heavy atom. The molecule has 1 fully saturated rings. The number of hydrogen-bond acceptors (Lipinski definition) is 4. The minimum atomic E-state index is -0.0983. The molecule has 3 rings (SSSR count). The number of benzene rings is 1. The van der Waals surface area contributed by atoms with Crippen molar-refractivity contribution in [2.24, 2.45) is 0 Å². The lowest BCUT2D eigenvalue weighted by Gasteiger charge is -2.19. The summed E-state index contributed by atoms with van der Waals surface area (Å²) < 4.78 is 5.81. The van der Waals surface area contributed by atoms with Crippen LogP contribution in [0.15, 0.2) is 45.9 Å². The molecule has 1 aromatic carbocycles. The van der Waals surface area contributed by atoms with Crippen molar-refractivity contribution in [1.82, 2.24) is 0 Å². The molecule has 3 nitrogen and oxygen atoms in total. The van der Waals surface area contributed by atoms with Crippen molar-refractivity contribution < 1.29 is 9.21 Å². The summed E-state index contributed by atoms with van der Waals surface area (Å²) in [5, 5.41) is 0. The lowest BCUT2D eigenvalue weighted by Crippen LogP contribution is -2.29. The van der Waals surface area contributed by atoms with Crippen LogP contribution >= 0.6 is 24.0 Å². The standard InChI is InChI=1S/C16H13NO2S2/c1-10-5-3-6-11(2)14(10)17-15(18)13(21-16(17)20)9-12-7-4-8-19-12/h3-9H,1-2H3/b13-9+. The molecule has 2 aromatic rings. The van der Waals surface area contributed by atoms with E-state index in [0.717, 1.165) is 16.8 Å². The van der Waals surface area contributed by atoms with Gasteiger partial charge in [0.15, 0.2) is 4.32 Å². The maximum absolute atomic E-state index is 12.7. The third kappa shape index (κ3) is 2.54. The summed E-state index contributed by atoms with van der Waals surface area (Å²) in [5.41, 5.74) is 2.94. The summed E-state index contributed by atoms with van der Waals surface area (Å²) in [6, 6.07) is 9.54. The highest BCUT2D eigenvalue weighted by Gasteiger charge is 2.34. The van der Waals surface area contributed by atoms with Gasteiger partial charge in [-0.15, -0.1) is 0 Å². The molecule has 1 amide bonds. The van der Waals surface area contributed by atoms with Gasteiger partial charge in [-0.1, -0.05) is 42.2 Å². The maximum atomic E-state index is 12.7. The summed E-state index contributed by atoms with van der Waals surface area (Å²) in [6.07, 6.45) is 3.31. The first-order valence-corrected chi connectivity index (χ1v) is 7.68. The largest absolute Gasteiger partial charge is 0.465 e. The summed E-state index contributed by atoms with van der Waals surface area (Å²) in [4.78, 5) is 14.8. The van der Waals surface area contributed by atoms with E-state index in [1.165, 1.54) is 11.8 Å². The Kier molecular flexibility index (Phi) is 3.69. The number of anilines is 1. The Bertz CT molecular complexity index is 727. The van der Waals surface area contributed by atoms with Crippen molar-refractivity contribution >= 4 is 46.0 Å². The van der Waals surface area contributed by atoms with E-state index in [2.05, 4.69) is 0 Å². The number of furan rings is 1. The fraction of sp³-hybridized carbons (Fsp3) is 0.125. The number of thiocarbonyl (C=S) groups is 1. The maximum Gasteiger partial charge on any atom is 0.270 e. The second-order valence-electron chi connectivity index (χ2n) is 4.77. The van der Waals surface area contributed by atoms with E-state index in [-0.39, 0.29) is 5.91 Å². The van der Waals surface area contributed by atoms with Crippen molar-refractivity contribution in [3.8, 4) is 0 Å². The lowest BCUT2D eigenvalue weighted by atomic mass is 10.1. The van der Waals surface area contributed by atoms with Gasteiger partial charge in [0.2, 0.25) is 0 Å². The van der Waals surface area contributed by atoms with Crippen LogP contribution in [0.3, 0.4) is 0 Å². The van der Waals surface area contributed by atoms with Gasteiger partial charge in [-0.05, 0) is 37.1 Å². The van der Waals surface area contributed by atoms with E-state index in [4.69, 9.17) is 16.6 Å². The number of carbonyl (C=O) groups excluding carboxylic acids is 1. The molecule has 106 valence electrons. The normalized spacial score (nSPS) is 17.0. The predicted octanol–water partition coefficient (Wildman–Crippen LogP) is 4.30. The van der Waals surface area contributed by atoms with Gasteiger partial charge in [-0.2, -0.15) is 0 Å². The average molecular weight is 315 g/mol. The van der Waals surface area contributed by atoms with Gasteiger partial charge in [-0.25, -0.2) is 0 Å². The Labute approximate surface area is 132 Å². The molecule has 21 heavy (non-hydrogen) atoms. The zero-order valence-corrected chi connectivity index (χ0v) is 13.3. The SMILES string of the molecule is Cc1cccc(C)c1N1C(=O)/C(=C\c2ccco2)SC1=S. The van der Waals surface area contributed by atoms with Gasteiger partial charge in [-0.3, -0.25) is 9.69 Å². The van der Waals surface area contributed by atoms with Crippen LogP contribution in [0.25, 0.3) is 6.08 Å². The molecule has 2 heterocycles. The van der Waals surface area contributed by atoms with Crippen LogP contribution in [0.4, 0.5) is 5.69 Å². The first kappa shape index (κ1) is 14.1. The lowest BCUT2D eigenvalue weighted by molar-refractivity contribution is -0.113. The van der Waals surface area contributed by atoms with E-state index in [0.29, 0.717) is 15.0 Å². The summed E-state index contributed by atoms with van der Waals surface area (Å²) in [5.74, 6) is 0.552. The molecule has 0 unspecified atom stereocenters. The first-order valence-electron chi connectivity index (χ1n) is 6.45. The second kappa shape index (κ2) is 5.50. The molecule has 1 aliphatic rings. The number of carbonyl (C=O) groups is 1. The number of thioether (sulfide) groups is 1. The van der Waals surface area contributed by atoms with E-state index in [1.54, 1.807) is 23.3 Å². The molecular weight excluding hydrogens is 302 g/mol. The molecule has 0 spiro atoms. The van der Waals surface area contributed by atoms with Crippen LogP contribution in [0.1, 0.15) is 16.9 Å². The number of aryl methyl sites for hydroxylation is 2. The fourth-order valence-corrected chi connectivity index (χ4v) is 3.57. The van der Waals surface area contributed by atoms with Crippen molar-refractivity contribution in [3.63, 3.8) is 0 Å². The third-order valence-corrected chi connectivity index (χ3v) is 4.58. The van der Waals surface area contributed by atoms with Gasteiger partial charge in [0.1, 0.15) is 5.76 Å². The van der Waals surface area contributed by atoms with Gasteiger partial charge >= 0.3 is 0 Å². The van der Waals surface area contributed by atoms with E-state index in [1.807, 2.05) is 38.1 Å². The Morgan fingerprint density at radius 2 is 1.90 bits per heavy atom. The van der Waals surface area contributed by atoms with Crippen LogP contribution in [0, 0.1) is 13.8 Å². The molecule has 0 saturated carbocycles. The predicted molar refractivity (Wildman–Crippen MR) is 90.3 cm³/mol. The fourth-order valence-electron chi connectivity index (χ4n) is 2.32. The van der Waals surface area contributed by atoms with Crippen molar-refractivity contribution in [2.75, 3.05) is 4.90 Å². The monoisotopic (exact) mass is 315 g/mol. The second-order valence-corrected chi connectivity index (χ2v) is 6.45. The smallest absolute Gasteiger partial charge is 0.270 e. The first-order chi connectivity index (χ1) is 10.1. The highest BCUT2D eigenvalue weighted by atomic mass is 32.2. The molecule has 1 aromatic heterocycles. The molecule has 0 aliphatic carbocycles. The highest BCUT2D eigenvalue weighted by molar-refractivity contribution is 8.27. The number of rotatable bonds is 2. The topological polar surface area (TPSA) is 33.5 Å². The summed E-state index contributed by atoms with van der Waals surface area (Å²) >= 11 is 6.69. The van der Waals surface area contributed by atoms with Crippen LogP contribution in [-0.2, 0) is 4.79 Å². The molecule has 1 saturated heterocycles. The molecule has 1 aliphatic heterocycles. The van der Waals surface area contributed by atoms with Gasteiger partial charge in [0.25, 0.3) is 5.91 Å². The summed E-state index contributed by atoms with van der Waals surface area (Å²) in [6.45, 7) is 3.97. The van der Waals surface area contributed by atoms with Gasteiger partial charge < -0.3 is 4.42 Å². The Morgan fingerprint density at radius 1 is 1.19 bits per heavy atom. The van der Waals surface area contributed by atoms with E-state index >= 15 is 0 Å². The number of para-hydroxylation sites is 1. The molecule has 0 atom stereocenters. The zero-order valence-electron chi connectivity index (χ0n) is 11.6. The number of hydrogen-bond donors (Lipinski definition) is 0. The highest BCUT2D eigenvalue weighted by Crippen LogP contribution is 2.38. The Hall–Kier alpha value is -1.85. The quantitative estimate of drug-likeness (QED) is 0.611. The Balaban J connectivity index is 2.02. The minimum Gasteiger partial charge on any atom is -0.465 e. The average Bonchev–Trinajstić information content (AvgIpc) is 3.02. The molecule has 0 radical (unpaired) electrons. The van der Waals surface area contributed by atoms with Crippen LogP contribution in [-0.4, -0.2) is 10.2 Å². The number of amides is 1. The van der Waals surface area contributed by atoms with E-state index in [9.17, 15) is 4.79 Å². The molecule has 5 heteroatoms. The zero-order chi connectivity index (χ0) is 15.0. The van der Waals surface area contributed by atoms with E-state index < -0.39 is 0 Å². The van der Waals surface area contributed by atoms with Crippen molar-refractivity contribution in [3.05, 3.63) is 58.4 Å². The minimum absolute atomic E-state index is 0.0983. The summed E-state index contributed by atoms with van der Waals surface area (Å²) in [7, 11) is 0. The van der Waals surface area contributed by atoms with Crippen LogP contribution in [0.5, 0.6) is 0 Å². The van der Waals surface area contributed by atoms with Crippen LogP contribution in [0.2, 0.25) is 0 Å². The third-order valence-electron chi connectivity index (χ3n) is 3.27. The number of nitrogens with zero attached hydrogens (tertiary/aromatic N) is 1. The van der Waals surface area contributed by atoms with Crippen molar-refractivity contribution in [2.45, 2.75) is 13.8 Å². The molecule has 0 N–H and O–H groups in total. The van der Waals surface area contributed by atoms with Crippen LogP contribution < -0.4 is 4.90 Å². The van der Waals surface area contributed by atoms with Crippen molar-refractivity contribution in [1.29, 1.82) is 0 Å². The molecule has 0 bridgehead atoms. The van der Waals surface area contributed by atoms with Gasteiger partial charge in [0.05, 0.1) is 16.9 Å². The van der Waals surface area contributed by atoms with Gasteiger partial charge in [0, 0.05) is 6.08 Å². The molecular formula is C16H13NO2S2.